The Bertz CT molecular complexity index is 557. The Morgan fingerprint density at radius 3 is 2.58 bits per heavy atom. The molecule has 1 unspecified atom stereocenters. The predicted octanol–water partition coefficient (Wildman–Crippen LogP) is 1.15. The van der Waals surface area contributed by atoms with Gasteiger partial charge >= 0.3 is 5.69 Å². The lowest BCUT2D eigenvalue weighted by Gasteiger charge is -2.18. The molecule has 1 aromatic rings. The van der Waals surface area contributed by atoms with Crippen LogP contribution in [0.5, 0.6) is 0 Å². The van der Waals surface area contributed by atoms with Crippen LogP contribution < -0.4 is 22.3 Å². The highest BCUT2D eigenvalue weighted by molar-refractivity contribution is 5.60. The van der Waals surface area contributed by atoms with E-state index < -0.39 is 11.2 Å². The van der Waals surface area contributed by atoms with Gasteiger partial charge in [-0.25, -0.2) is 4.79 Å². The minimum atomic E-state index is -0.488. The molecule has 1 rings (SSSR count). The van der Waals surface area contributed by atoms with Crippen LogP contribution in [0.3, 0.4) is 0 Å². The van der Waals surface area contributed by atoms with Crippen molar-refractivity contribution in [2.75, 3.05) is 11.1 Å². The van der Waals surface area contributed by atoms with Crippen LogP contribution in [0.25, 0.3) is 0 Å². The topological polar surface area (TPSA) is 92.9 Å². The molecule has 0 saturated heterocycles. The lowest BCUT2D eigenvalue weighted by molar-refractivity contribution is 0.508. The van der Waals surface area contributed by atoms with Crippen LogP contribution >= 0.6 is 0 Å². The number of rotatable bonds is 6. The first-order chi connectivity index (χ1) is 8.86. The minimum absolute atomic E-state index is 0.0194. The molecule has 1 aromatic heterocycles. The molecule has 0 aromatic carbocycles. The molecular weight excluding hydrogens is 244 g/mol. The molecule has 6 nitrogen and oxygen atoms in total. The van der Waals surface area contributed by atoms with Gasteiger partial charge in [-0.3, -0.25) is 14.3 Å². The first kappa shape index (κ1) is 15.1. The Hall–Kier alpha value is -1.98. The Morgan fingerprint density at radius 1 is 1.42 bits per heavy atom. The molecule has 1 atom stereocenters. The highest BCUT2D eigenvalue weighted by Crippen LogP contribution is 2.13. The van der Waals surface area contributed by atoms with Crippen molar-refractivity contribution >= 4 is 11.5 Å². The van der Waals surface area contributed by atoms with Gasteiger partial charge in [0.2, 0.25) is 0 Å². The zero-order chi connectivity index (χ0) is 14.6. The van der Waals surface area contributed by atoms with E-state index in [-0.39, 0.29) is 23.5 Å². The molecule has 6 heteroatoms. The predicted molar refractivity (Wildman–Crippen MR) is 78.5 cm³/mol. The molecule has 0 saturated carbocycles. The summed E-state index contributed by atoms with van der Waals surface area (Å²) in [6, 6.07) is 0.0194. The Kier molecular flexibility index (Phi) is 4.97. The van der Waals surface area contributed by atoms with Gasteiger partial charge in [-0.1, -0.05) is 19.9 Å². The molecule has 1 heterocycles. The Balaban J connectivity index is 3.21. The van der Waals surface area contributed by atoms with Gasteiger partial charge in [0, 0.05) is 12.6 Å². The number of aromatic nitrogens is 2. The summed E-state index contributed by atoms with van der Waals surface area (Å²) in [5.74, 6) is 0.433. The van der Waals surface area contributed by atoms with Crippen molar-refractivity contribution in [2.24, 2.45) is 5.92 Å². The van der Waals surface area contributed by atoms with Gasteiger partial charge in [-0.15, -0.1) is 6.58 Å². The maximum absolute atomic E-state index is 11.8. The summed E-state index contributed by atoms with van der Waals surface area (Å²) in [6.45, 7) is 9.98. The summed E-state index contributed by atoms with van der Waals surface area (Å²) < 4.78 is 1.38. The van der Waals surface area contributed by atoms with Gasteiger partial charge in [0.1, 0.15) is 11.5 Å². The molecule has 0 spiro atoms. The van der Waals surface area contributed by atoms with E-state index in [4.69, 9.17) is 5.73 Å². The van der Waals surface area contributed by atoms with E-state index in [0.717, 1.165) is 0 Å². The van der Waals surface area contributed by atoms with E-state index in [0.29, 0.717) is 13.0 Å². The number of nitrogens with two attached hydrogens (primary N) is 1. The van der Waals surface area contributed by atoms with E-state index in [1.54, 1.807) is 6.08 Å². The van der Waals surface area contributed by atoms with E-state index in [1.165, 1.54) is 4.57 Å². The highest BCUT2D eigenvalue weighted by atomic mass is 16.2. The number of hydrogen-bond acceptors (Lipinski definition) is 4. The molecule has 0 radical (unpaired) electrons. The zero-order valence-electron chi connectivity index (χ0n) is 11.7. The molecule has 0 aliphatic heterocycles. The van der Waals surface area contributed by atoms with Crippen LogP contribution in [0.1, 0.15) is 27.2 Å². The monoisotopic (exact) mass is 266 g/mol. The van der Waals surface area contributed by atoms with Crippen molar-refractivity contribution in [1.29, 1.82) is 0 Å². The summed E-state index contributed by atoms with van der Waals surface area (Å²) >= 11 is 0. The normalized spacial score (nSPS) is 12.4. The summed E-state index contributed by atoms with van der Waals surface area (Å²) in [7, 11) is 0. The van der Waals surface area contributed by atoms with Crippen molar-refractivity contribution in [2.45, 2.75) is 39.8 Å². The average Bonchev–Trinajstić information content (AvgIpc) is 2.30. The first-order valence-corrected chi connectivity index (χ1v) is 6.36. The SMILES string of the molecule is C=CCC(C)Nc1c(N)n(CC(C)C)c(=O)[nH]c1=O. The second-order valence-electron chi connectivity index (χ2n) is 5.09. The van der Waals surface area contributed by atoms with Gasteiger partial charge in [-0.2, -0.15) is 0 Å². The van der Waals surface area contributed by atoms with Crippen molar-refractivity contribution in [1.82, 2.24) is 9.55 Å². The summed E-state index contributed by atoms with van der Waals surface area (Å²) in [4.78, 5) is 25.8. The first-order valence-electron chi connectivity index (χ1n) is 6.36. The second-order valence-corrected chi connectivity index (χ2v) is 5.09. The lowest BCUT2D eigenvalue weighted by atomic mass is 10.2. The molecule has 0 fully saturated rings. The summed E-state index contributed by atoms with van der Waals surface area (Å²) in [5.41, 5.74) is 5.22. The molecule has 0 aliphatic rings. The smallest absolute Gasteiger partial charge is 0.330 e. The van der Waals surface area contributed by atoms with E-state index in [1.807, 2.05) is 20.8 Å². The van der Waals surface area contributed by atoms with E-state index >= 15 is 0 Å². The number of anilines is 2. The Morgan fingerprint density at radius 2 is 2.05 bits per heavy atom. The van der Waals surface area contributed by atoms with Crippen molar-refractivity contribution in [3.63, 3.8) is 0 Å². The van der Waals surface area contributed by atoms with Crippen molar-refractivity contribution < 1.29 is 0 Å². The summed E-state index contributed by atoms with van der Waals surface area (Å²) in [5, 5.41) is 3.02. The van der Waals surface area contributed by atoms with Crippen LogP contribution in [-0.2, 0) is 6.54 Å². The fraction of sp³-hybridized carbons (Fsp3) is 0.538. The number of nitrogen functional groups attached to an aromatic ring is 1. The fourth-order valence-corrected chi connectivity index (χ4v) is 1.83. The third kappa shape index (κ3) is 3.74. The summed E-state index contributed by atoms with van der Waals surface area (Å²) in [6.07, 6.45) is 2.45. The number of nitrogens with zero attached hydrogens (tertiary/aromatic N) is 1. The van der Waals surface area contributed by atoms with Crippen molar-refractivity contribution in [3.8, 4) is 0 Å². The quantitative estimate of drug-likeness (QED) is 0.673. The van der Waals surface area contributed by atoms with Crippen molar-refractivity contribution in [3.05, 3.63) is 33.5 Å². The zero-order valence-corrected chi connectivity index (χ0v) is 11.7. The largest absolute Gasteiger partial charge is 0.383 e. The average molecular weight is 266 g/mol. The minimum Gasteiger partial charge on any atom is -0.383 e. The fourth-order valence-electron chi connectivity index (χ4n) is 1.83. The van der Waals surface area contributed by atoms with Crippen LogP contribution in [0.2, 0.25) is 0 Å². The van der Waals surface area contributed by atoms with Crippen LogP contribution in [0, 0.1) is 5.92 Å². The molecule has 0 bridgehead atoms. The molecule has 4 N–H and O–H groups in total. The number of aromatic amines is 1. The van der Waals surface area contributed by atoms with Gasteiger partial charge in [0.25, 0.3) is 5.56 Å². The number of hydrogen-bond donors (Lipinski definition) is 3. The van der Waals surface area contributed by atoms with E-state index in [9.17, 15) is 9.59 Å². The molecule has 0 aliphatic carbocycles. The van der Waals surface area contributed by atoms with Crippen LogP contribution in [0.4, 0.5) is 11.5 Å². The second kappa shape index (κ2) is 6.26. The highest BCUT2D eigenvalue weighted by Gasteiger charge is 2.14. The maximum Gasteiger partial charge on any atom is 0.330 e. The standard InChI is InChI=1S/C13H22N4O2/c1-5-6-9(4)15-10-11(14)17(7-8(2)3)13(19)16-12(10)18/h5,8-9,15H,1,6-7,14H2,2-4H3,(H,16,18,19). The van der Waals surface area contributed by atoms with Crippen LogP contribution in [0.15, 0.2) is 22.2 Å². The number of nitrogens with one attached hydrogen (secondary N) is 2. The molecular formula is C13H22N4O2. The lowest BCUT2D eigenvalue weighted by Crippen LogP contribution is -2.36. The molecule has 19 heavy (non-hydrogen) atoms. The van der Waals surface area contributed by atoms with Gasteiger partial charge in [-0.05, 0) is 19.3 Å². The third-order valence-electron chi connectivity index (χ3n) is 2.70. The van der Waals surface area contributed by atoms with Crippen LogP contribution in [-0.4, -0.2) is 15.6 Å². The third-order valence-corrected chi connectivity index (χ3v) is 2.70. The van der Waals surface area contributed by atoms with E-state index in [2.05, 4.69) is 16.9 Å². The van der Waals surface area contributed by atoms with Gasteiger partial charge < -0.3 is 11.1 Å². The maximum atomic E-state index is 11.8. The number of H-pyrrole nitrogens is 1. The van der Waals surface area contributed by atoms with Gasteiger partial charge in [0.15, 0.2) is 0 Å². The van der Waals surface area contributed by atoms with Gasteiger partial charge in [0.05, 0.1) is 0 Å². The Labute approximate surface area is 112 Å². The molecule has 106 valence electrons. The molecule has 0 amide bonds.